The van der Waals surface area contributed by atoms with Crippen LogP contribution in [0.3, 0.4) is 0 Å². The number of nitrogens with one attached hydrogen (secondary N) is 2. The minimum Gasteiger partial charge on any atom is -0.353 e. The number of sulfone groups is 1. The average Bonchev–Trinajstić information content (AvgIpc) is 2.77. The molecule has 2 N–H and O–H groups in total. The third kappa shape index (κ3) is 2.87. The first-order valence-corrected chi connectivity index (χ1v) is 7.52. The Balaban J connectivity index is 1.84. The molecule has 1 saturated heterocycles. The van der Waals surface area contributed by atoms with E-state index < -0.39 is 9.84 Å². The summed E-state index contributed by atoms with van der Waals surface area (Å²) < 4.78 is 22.6. The van der Waals surface area contributed by atoms with E-state index in [0.29, 0.717) is 24.1 Å². The molecule has 3 unspecified atom stereocenters. The lowest BCUT2D eigenvalue weighted by Crippen LogP contribution is -2.45. The minimum absolute atomic E-state index is 0.0188. The number of rotatable bonds is 2. The topological polar surface area (TPSA) is 70.6 Å². The standard InChI is InChI=1S/C10H19N3O2S/c1-7-5-9(7)13-10(11-2)12-8-3-4-16(14,15)6-8/h7-9H,3-6H2,1-2H3,(H2,11,12,13). The number of guanidine groups is 1. The van der Waals surface area contributed by atoms with Crippen molar-refractivity contribution in [1.29, 1.82) is 0 Å². The molecule has 0 aromatic heterocycles. The van der Waals surface area contributed by atoms with E-state index in [1.165, 1.54) is 6.42 Å². The van der Waals surface area contributed by atoms with Crippen LogP contribution >= 0.6 is 0 Å². The molecule has 2 fully saturated rings. The molecule has 1 saturated carbocycles. The molecule has 0 bridgehead atoms. The second kappa shape index (κ2) is 4.24. The van der Waals surface area contributed by atoms with E-state index >= 15 is 0 Å². The van der Waals surface area contributed by atoms with Gasteiger partial charge >= 0.3 is 0 Å². The van der Waals surface area contributed by atoms with Gasteiger partial charge in [-0.3, -0.25) is 4.99 Å². The van der Waals surface area contributed by atoms with Gasteiger partial charge in [-0.05, 0) is 18.8 Å². The highest BCUT2D eigenvalue weighted by molar-refractivity contribution is 7.91. The van der Waals surface area contributed by atoms with Gasteiger partial charge in [0, 0.05) is 19.1 Å². The first kappa shape index (κ1) is 11.7. The zero-order chi connectivity index (χ0) is 11.8. The molecule has 0 amide bonds. The Morgan fingerprint density at radius 1 is 1.38 bits per heavy atom. The molecule has 1 aliphatic heterocycles. The zero-order valence-electron chi connectivity index (χ0n) is 9.73. The van der Waals surface area contributed by atoms with E-state index in [9.17, 15) is 8.42 Å². The van der Waals surface area contributed by atoms with Gasteiger partial charge in [-0.15, -0.1) is 0 Å². The third-order valence-electron chi connectivity index (χ3n) is 3.23. The lowest BCUT2D eigenvalue weighted by Gasteiger charge is -2.15. The molecule has 0 radical (unpaired) electrons. The second-order valence-electron chi connectivity index (χ2n) is 4.78. The van der Waals surface area contributed by atoms with Crippen LogP contribution in [0.15, 0.2) is 4.99 Å². The molecule has 5 nitrogen and oxygen atoms in total. The van der Waals surface area contributed by atoms with Crippen molar-refractivity contribution in [2.24, 2.45) is 10.9 Å². The monoisotopic (exact) mass is 245 g/mol. The minimum atomic E-state index is -2.82. The third-order valence-corrected chi connectivity index (χ3v) is 5.00. The van der Waals surface area contributed by atoms with Gasteiger partial charge in [0.1, 0.15) is 0 Å². The van der Waals surface area contributed by atoms with Crippen LogP contribution in [0.25, 0.3) is 0 Å². The Bertz CT molecular complexity index is 391. The number of hydrogen-bond acceptors (Lipinski definition) is 3. The van der Waals surface area contributed by atoms with Crippen LogP contribution in [0.2, 0.25) is 0 Å². The van der Waals surface area contributed by atoms with Crippen molar-refractivity contribution >= 4 is 15.8 Å². The van der Waals surface area contributed by atoms with Gasteiger partial charge in [0.05, 0.1) is 11.5 Å². The Morgan fingerprint density at radius 2 is 2.06 bits per heavy atom. The fourth-order valence-electron chi connectivity index (χ4n) is 1.97. The van der Waals surface area contributed by atoms with Crippen molar-refractivity contribution in [2.45, 2.75) is 31.8 Å². The molecule has 1 heterocycles. The van der Waals surface area contributed by atoms with Gasteiger partial charge in [-0.25, -0.2) is 8.42 Å². The van der Waals surface area contributed by atoms with Crippen LogP contribution < -0.4 is 10.6 Å². The Morgan fingerprint density at radius 3 is 2.50 bits per heavy atom. The SMILES string of the molecule is CN=C(NC1CCS(=O)(=O)C1)NC1CC1C. The molecule has 92 valence electrons. The van der Waals surface area contributed by atoms with Crippen molar-refractivity contribution < 1.29 is 8.42 Å². The van der Waals surface area contributed by atoms with Gasteiger partial charge in [0.25, 0.3) is 0 Å². The molecule has 0 aromatic rings. The maximum absolute atomic E-state index is 11.3. The molecular weight excluding hydrogens is 226 g/mol. The molecule has 0 aromatic carbocycles. The van der Waals surface area contributed by atoms with E-state index in [-0.39, 0.29) is 11.8 Å². The van der Waals surface area contributed by atoms with Crippen molar-refractivity contribution in [3.63, 3.8) is 0 Å². The fourth-order valence-corrected chi connectivity index (χ4v) is 3.65. The summed E-state index contributed by atoms with van der Waals surface area (Å²) in [6, 6.07) is 0.523. The molecule has 1 aliphatic carbocycles. The van der Waals surface area contributed by atoms with Gasteiger partial charge in [-0.1, -0.05) is 6.92 Å². The normalized spacial score (nSPS) is 37.1. The lowest BCUT2D eigenvalue weighted by atomic mass is 10.3. The summed E-state index contributed by atoms with van der Waals surface area (Å²) in [4.78, 5) is 4.11. The second-order valence-corrected chi connectivity index (χ2v) is 7.01. The summed E-state index contributed by atoms with van der Waals surface area (Å²) in [6.07, 6.45) is 1.85. The number of aliphatic imine (C=N–C) groups is 1. The zero-order valence-corrected chi connectivity index (χ0v) is 10.5. The Kier molecular flexibility index (Phi) is 3.10. The summed E-state index contributed by atoms with van der Waals surface area (Å²) in [5.41, 5.74) is 0. The van der Waals surface area contributed by atoms with Gasteiger partial charge in [-0.2, -0.15) is 0 Å². The quantitative estimate of drug-likeness (QED) is 0.520. The summed E-state index contributed by atoms with van der Waals surface area (Å²) in [6.45, 7) is 2.19. The largest absolute Gasteiger partial charge is 0.353 e. The van der Waals surface area contributed by atoms with E-state index in [2.05, 4.69) is 22.5 Å². The summed E-state index contributed by atoms with van der Waals surface area (Å²) >= 11 is 0. The van der Waals surface area contributed by atoms with Crippen LogP contribution in [-0.2, 0) is 9.84 Å². The molecule has 2 rings (SSSR count). The van der Waals surface area contributed by atoms with Gasteiger partial charge in [0.15, 0.2) is 15.8 Å². The van der Waals surface area contributed by atoms with Crippen LogP contribution in [0.4, 0.5) is 0 Å². The van der Waals surface area contributed by atoms with Crippen LogP contribution in [0, 0.1) is 5.92 Å². The highest BCUT2D eigenvalue weighted by Crippen LogP contribution is 2.28. The van der Waals surface area contributed by atoms with Crippen molar-refractivity contribution in [2.75, 3.05) is 18.6 Å². The van der Waals surface area contributed by atoms with Crippen LogP contribution in [-0.4, -0.2) is 45.0 Å². The summed E-state index contributed by atoms with van der Waals surface area (Å²) in [7, 11) is -1.10. The first-order chi connectivity index (χ1) is 7.50. The van der Waals surface area contributed by atoms with Crippen molar-refractivity contribution in [3.8, 4) is 0 Å². The van der Waals surface area contributed by atoms with Crippen molar-refractivity contribution in [1.82, 2.24) is 10.6 Å². The average molecular weight is 245 g/mol. The first-order valence-electron chi connectivity index (χ1n) is 5.70. The van der Waals surface area contributed by atoms with E-state index in [1.807, 2.05) is 0 Å². The molecule has 16 heavy (non-hydrogen) atoms. The number of hydrogen-bond donors (Lipinski definition) is 2. The van der Waals surface area contributed by atoms with E-state index in [4.69, 9.17) is 0 Å². The Labute approximate surface area is 96.6 Å². The maximum Gasteiger partial charge on any atom is 0.191 e. The van der Waals surface area contributed by atoms with Gasteiger partial charge in [0.2, 0.25) is 0 Å². The predicted molar refractivity (Wildman–Crippen MR) is 64.3 cm³/mol. The predicted octanol–water partition coefficient (Wildman–Crippen LogP) is -0.253. The van der Waals surface area contributed by atoms with Gasteiger partial charge < -0.3 is 10.6 Å². The highest BCUT2D eigenvalue weighted by Gasteiger charge is 2.34. The van der Waals surface area contributed by atoms with Crippen LogP contribution in [0.5, 0.6) is 0 Å². The Hall–Kier alpha value is -0.780. The molecule has 3 atom stereocenters. The van der Waals surface area contributed by atoms with E-state index in [0.717, 1.165) is 5.96 Å². The lowest BCUT2D eigenvalue weighted by molar-refractivity contribution is 0.599. The fraction of sp³-hybridized carbons (Fsp3) is 0.900. The van der Waals surface area contributed by atoms with Crippen LogP contribution in [0.1, 0.15) is 19.8 Å². The number of nitrogens with zero attached hydrogens (tertiary/aromatic N) is 1. The molecule has 0 spiro atoms. The molecule has 2 aliphatic rings. The molecular formula is C10H19N3O2S. The van der Waals surface area contributed by atoms with E-state index in [1.54, 1.807) is 7.05 Å². The molecule has 6 heteroatoms. The highest BCUT2D eigenvalue weighted by atomic mass is 32.2. The van der Waals surface area contributed by atoms with Crippen molar-refractivity contribution in [3.05, 3.63) is 0 Å². The summed E-state index contributed by atoms with van der Waals surface area (Å²) in [5.74, 6) is 1.96. The summed E-state index contributed by atoms with van der Waals surface area (Å²) in [5, 5.41) is 6.46. The smallest absolute Gasteiger partial charge is 0.191 e. The maximum atomic E-state index is 11.3.